The average molecular weight is 235 g/mol. The lowest BCUT2D eigenvalue weighted by molar-refractivity contribution is 0.0471. The molecule has 1 aliphatic heterocycles. The number of phenolic OH excluding ortho intramolecular Hbond substituents is 1. The summed E-state index contributed by atoms with van der Waals surface area (Å²) in [7, 11) is 0. The van der Waals surface area contributed by atoms with Crippen LogP contribution in [0.2, 0.25) is 0 Å². The van der Waals surface area contributed by atoms with Crippen LogP contribution in [0.5, 0.6) is 5.75 Å². The Balaban J connectivity index is 2.21. The van der Waals surface area contributed by atoms with E-state index in [0.29, 0.717) is 18.7 Å². The molecule has 1 atom stereocenters. The highest BCUT2D eigenvalue weighted by molar-refractivity contribution is 5.97. The van der Waals surface area contributed by atoms with Gasteiger partial charge in [0.2, 0.25) is 0 Å². The van der Waals surface area contributed by atoms with E-state index >= 15 is 0 Å². The molecule has 0 bridgehead atoms. The average Bonchev–Trinajstić information content (AvgIpc) is 2.31. The van der Waals surface area contributed by atoms with Gasteiger partial charge in [-0.2, -0.15) is 0 Å². The summed E-state index contributed by atoms with van der Waals surface area (Å²) in [6, 6.07) is 4.97. The maximum Gasteiger partial charge on any atom is 0.257 e. The van der Waals surface area contributed by atoms with Crippen LogP contribution in [0.3, 0.4) is 0 Å². The summed E-state index contributed by atoms with van der Waals surface area (Å²) in [5, 5.41) is 19.2. The van der Waals surface area contributed by atoms with Crippen molar-refractivity contribution in [1.82, 2.24) is 4.90 Å². The first kappa shape index (κ1) is 11.9. The minimum Gasteiger partial charge on any atom is -0.507 e. The number of piperidine rings is 1. The molecule has 0 aliphatic carbocycles. The monoisotopic (exact) mass is 235 g/mol. The second kappa shape index (κ2) is 4.75. The van der Waals surface area contributed by atoms with E-state index < -0.39 is 6.10 Å². The summed E-state index contributed by atoms with van der Waals surface area (Å²) in [6.07, 6.45) is 1.10. The van der Waals surface area contributed by atoms with E-state index in [4.69, 9.17) is 0 Å². The minimum absolute atomic E-state index is 0.000614. The minimum atomic E-state index is -0.445. The Bertz CT molecular complexity index is 431. The smallest absolute Gasteiger partial charge is 0.257 e. The van der Waals surface area contributed by atoms with Crippen molar-refractivity contribution in [2.75, 3.05) is 13.1 Å². The molecule has 1 saturated heterocycles. The van der Waals surface area contributed by atoms with Crippen molar-refractivity contribution in [3.63, 3.8) is 0 Å². The topological polar surface area (TPSA) is 60.8 Å². The number of amides is 1. The van der Waals surface area contributed by atoms with Crippen LogP contribution in [0.4, 0.5) is 0 Å². The van der Waals surface area contributed by atoms with Crippen LogP contribution in [0.1, 0.15) is 28.8 Å². The molecule has 4 nitrogen and oxygen atoms in total. The quantitative estimate of drug-likeness (QED) is 0.771. The van der Waals surface area contributed by atoms with E-state index in [9.17, 15) is 15.0 Å². The van der Waals surface area contributed by atoms with Crippen molar-refractivity contribution >= 4 is 5.91 Å². The third kappa shape index (κ3) is 2.58. The number of rotatable bonds is 1. The molecular weight excluding hydrogens is 218 g/mol. The maximum atomic E-state index is 12.2. The number of hydrogen-bond acceptors (Lipinski definition) is 3. The number of aryl methyl sites for hydroxylation is 1. The third-order valence-electron chi connectivity index (χ3n) is 3.07. The molecule has 2 rings (SSSR count). The summed E-state index contributed by atoms with van der Waals surface area (Å²) < 4.78 is 0. The van der Waals surface area contributed by atoms with Crippen molar-refractivity contribution in [3.8, 4) is 5.75 Å². The Labute approximate surface area is 100 Å². The van der Waals surface area contributed by atoms with Gasteiger partial charge in [0.1, 0.15) is 5.75 Å². The highest BCUT2D eigenvalue weighted by Gasteiger charge is 2.24. The first-order valence-electron chi connectivity index (χ1n) is 5.85. The summed E-state index contributed by atoms with van der Waals surface area (Å²) in [4.78, 5) is 13.8. The van der Waals surface area contributed by atoms with E-state index in [2.05, 4.69) is 0 Å². The van der Waals surface area contributed by atoms with Gasteiger partial charge in [0, 0.05) is 13.1 Å². The van der Waals surface area contributed by atoms with E-state index in [1.54, 1.807) is 17.0 Å². The number of benzene rings is 1. The van der Waals surface area contributed by atoms with Crippen LogP contribution in [0.25, 0.3) is 0 Å². The Morgan fingerprint density at radius 1 is 1.47 bits per heavy atom. The number of aliphatic hydroxyl groups is 1. The zero-order chi connectivity index (χ0) is 12.4. The highest BCUT2D eigenvalue weighted by atomic mass is 16.3. The molecule has 1 fully saturated rings. The standard InChI is InChI=1S/C13H17NO3/c1-9-4-5-12(16)11(7-9)13(17)14-6-2-3-10(15)8-14/h4-5,7,10,15-16H,2-3,6,8H2,1H3/t10-/m0/s1. The summed E-state index contributed by atoms with van der Waals surface area (Å²) in [6.45, 7) is 2.87. The van der Waals surface area contributed by atoms with E-state index in [1.165, 1.54) is 6.07 Å². The first-order chi connectivity index (χ1) is 8.08. The fraction of sp³-hybridized carbons (Fsp3) is 0.462. The molecule has 1 amide bonds. The van der Waals surface area contributed by atoms with Crippen LogP contribution in [-0.4, -0.2) is 40.2 Å². The molecule has 0 spiro atoms. The Morgan fingerprint density at radius 2 is 2.24 bits per heavy atom. The van der Waals surface area contributed by atoms with Crippen molar-refractivity contribution < 1.29 is 15.0 Å². The second-order valence-electron chi connectivity index (χ2n) is 4.57. The second-order valence-corrected chi connectivity index (χ2v) is 4.57. The van der Waals surface area contributed by atoms with Gasteiger partial charge >= 0.3 is 0 Å². The molecule has 1 aliphatic rings. The fourth-order valence-electron chi connectivity index (χ4n) is 2.13. The molecule has 0 saturated carbocycles. The molecule has 2 N–H and O–H groups in total. The summed E-state index contributed by atoms with van der Waals surface area (Å²) in [5.74, 6) is -0.203. The van der Waals surface area contributed by atoms with Gasteiger partial charge in [0.05, 0.1) is 11.7 Å². The molecule has 92 valence electrons. The SMILES string of the molecule is Cc1ccc(O)c(C(=O)N2CCC[C@H](O)C2)c1. The van der Waals surface area contributed by atoms with Crippen LogP contribution >= 0.6 is 0 Å². The molecule has 0 unspecified atom stereocenters. The first-order valence-corrected chi connectivity index (χ1v) is 5.85. The predicted octanol–water partition coefficient (Wildman–Crippen LogP) is 1.30. The molecular formula is C13H17NO3. The predicted molar refractivity (Wildman–Crippen MR) is 64.0 cm³/mol. The van der Waals surface area contributed by atoms with Crippen LogP contribution < -0.4 is 0 Å². The molecule has 1 heterocycles. The highest BCUT2D eigenvalue weighted by Crippen LogP contribution is 2.22. The summed E-state index contributed by atoms with van der Waals surface area (Å²) >= 11 is 0. The lowest BCUT2D eigenvalue weighted by Crippen LogP contribution is -2.42. The van der Waals surface area contributed by atoms with E-state index in [-0.39, 0.29) is 11.7 Å². The van der Waals surface area contributed by atoms with Gasteiger partial charge in [-0.05, 0) is 31.9 Å². The largest absolute Gasteiger partial charge is 0.507 e. The Morgan fingerprint density at radius 3 is 2.94 bits per heavy atom. The van der Waals surface area contributed by atoms with Crippen LogP contribution in [0, 0.1) is 6.92 Å². The number of nitrogens with zero attached hydrogens (tertiary/aromatic N) is 1. The van der Waals surface area contributed by atoms with Crippen LogP contribution in [0.15, 0.2) is 18.2 Å². The van der Waals surface area contributed by atoms with Gasteiger partial charge in [0.25, 0.3) is 5.91 Å². The number of carbonyl (C=O) groups excluding carboxylic acids is 1. The van der Waals surface area contributed by atoms with Gasteiger partial charge < -0.3 is 15.1 Å². The van der Waals surface area contributed by atoms with Gasteiger partial charge in [-0.15, -0.1) is 0 Å². The molecule has 17 heavy (non-hydrogen) atoms. The lowest BCUT2D eigenvalue weighted by atomic mass is 10.1. The van der Waals surface area contributed by atoms with Gasteiger partial charge in [-0.1, -0.05) is 11.6 Å². The zero-order valence-corrected chi connectivity index (χ0v) is 9.89. The normalized spacial score (nSPS) is 20.4. The van der Waals surface area contributed by atoms with Crippen molar-refractivity contribution in [2.24, 2.45) is 0 Å². The number of aromatic hydroxyl groups is 1. The molecule has 0 aromatic heterocycles. The number of phenols is 1. The third-order valence-corrected chi connectivity index (χ3v) is 3.07. The van der Waals surface area contributed by atoms with Crippen molar-refractivity contribution in [3.05, 3.63) is 29.3 Å². The van der Waals surface area contributed by atoms with Gasteiger partial charge in [-0.3, -0.25) is 4.79 Å². The van der Waals surface area contributed by atoms with E-state index in [0.717, 1.165) is 18.4 Å². The Hall–Kier alpha value is -1.55. The van der Waals surface area contributed by atoms with Crippen molar-refractivity contribution in [1.29, 1.82) is 0 Å². The number of likely N-dealkylation sites (tertiary alicyclic amines) is 1. The number of carbonyl (C=O) groups is 1. The van der Waals surface area contributed by atoms with Crippen LogP contribution in [-0.2, 0) is 0 Å². The van der Waals surface area contributed by atoms with E-state index in [1.807, 2.05) is 6.92 Å². The molecule has 4 heteroatoms. The van der Waals surface area contributed by atoms with Gasteiger partial charge in [0.15, 0.2) is 0 Å². The Kier molecular flexibility index (Phi) is 3.33. The zero-order valence-electron chi connectivity index (χ0n) is 9.89. The molecule has 1 aromatic carbocycles. The van der Waals surface area contributed by atoms with Gasteiger partial charge in [-0.25, -0.2) is 0 Å². The number of hydrogen-bond donors (Lipinski definition) is 2. The number of β-amino-alcohol motifs (C(OH)–C–C–N with tert-alkyl or cyclic N) is 1. The number of aliphatic hydroxyl groups excluding tert-OH is 1. The molecule has 0 radical (unpaired) electrons. The maximum absolute atomic E-state index is 12.2. The lowest BCUT2D eigenvalue weighted by Gasteiger charge is -2.30. The fourth-order valence-corrected chi connectivity index (χ4v) is 2.13. The summed E-state index contributed by atoms with van der Waals surface area (Å²) in [5.41, 5.74) is 1.25. The molecule has 1 aromatic rings. The van der Waals surface area contributed by atoms with Crippen molar-refractivity contribution in [2.45, 2.75) is 25.9 Å².